The van der Waals surface area contributed by atoms with E-state index in [9.17, 15) is 4.79 Å². The lowest BCUT2D eigenvalue weighted by Gasteiger charge is -2.14. The number of carbonyl (C=O) groups excluding carboxylic acids is 1. The number of benzene rings is 3. The maximum atomic E-state index is 12.9. The number of anilines is 1. The van der Waals surface area contributed by atoms with Crippen molar-refractivity contribution in [2.45, 2.75) is 43.6 Å². The van der Waals surface area contributed by atoms with Crippen LogP contribution < -0.4 is 10.7 Å². The Balaban J connectivity index is 1.46. The number of nitrogens with zero attached hydrogens (tertiary/aromatic N) is 4. The van der Waals surface area contributed by atoms with Gasteiger partial charge in [0.15, 0.2) is 11.0 Å². The second-order valence-electron chi connectivity index (χ2n) is 8.36. The van der Waals surface area contributed by atoms with Crippen molar-refractivity contribution >= 4 is 51.7 Å². The van der Waals surface area contributed by atoms with Crippen LogP contribution in [0.2, 0.25) is 0 Å². The van der Waals surface area contributed by atoms with Gasteiger partial charge in [-0.15, -0.1) is 10.2 Å². The summed E-state index contributed by atoms with van der Waals surface area (Å²) in [6, 6.07) is 28.3. The van der Waals surface area contributed by atoms with Crippen LogP contribution in [-0.2, 0) is 17.8 Å². The number of aromatic nitrogens is 3. The number of nitrogens with one attached hydrogen (secondary N) is 2. The van der Waals surface area contributed by atoms with E-state index in [2.05, 4.69) is 72.9 Å². The molecule has 9 heteroatoms. The van der Waals surface area contributed by atoms with E-state index in [0.29, 0.717) is 18.1 Å². The number of hydrazone groups is 1. The molecule has 0 aliphatic rings. The van der Waals surface area contributed by atoms with Gasteiger partial charge in [0, 0.05) is 27.1 Å². The van der Waals surface area contributed by atoms with E-state index >= 15 is 0 Å². The number of carbonyl (C=O) groups is 1. The summed E-state index contributed by atoms with van der Waals surface area (Å²) in [6.45, 7) is 4.39. The van der Waals surface area contributed by atoms with Gasteiger partial charge >= 0.3 is 0 Å². The normalized spacial score (nSPS) is 12.2. The minimum absolute atomic E-state index is 0.176. The van der Waals surface area contributed by atoms with Gasteiger partial charge in [-0.3, -0.25) is 9.36 Å². The number of rotatable bonds is 11. The maximum Gasteiger partial charge on any atom is 0.253 e. The standard InChI is InChI=1S/C28H29IN6OS/c1-3-23(18-21-10-6-4-7-11-21)31-33-27(36)20(2)37-28-34-32-26(35(28)25-12-8-5-9-13-25)19-30-24-16-14-22(29)15-17-24/h4-17,20,30H,3,18-19H2,1-2H3,(H,33,36)/b31-23+/t20-/m0/s1. The molecule has 37 heavy (non-hydrogen) atoms. The predicted octanol–water partition coefficient (Wildman–Crippen LogP) is 6.09. The molecular weight excluding hydrogens is 595 g/mol. The Morgan fingerprint density at radius 1 is 1.00 bits per heavy atom. The molecule has 0 unspecified atom stereocenters. The fourth-order valence-electron chi connectivity index (χ4n) is 3.59. The highest BCUT2D eigenvalue weighted by atomic mass is 127. The van der Waals surface area contributed by atoms with Gasteiger partial charge < -0.3 is 5.32 Å². The molecule has 1 heterocycles. The molecule has 0 bridgehead atoms. The van der Waals surface area contributed by atoms with Crippen LogP contribution in [0.15, 0.2) is 95.2 Å². The van der Waals surface area contributed by atoms with Crippen molar-refractivity contribution in [2.75, 3.05) is 5.32 Å². The van der Waals surface area contributed by atoms with E-state index in [1.807, 2.05) is 79.1 Å². The molecule has 0 fully saturated rings. The van der Waals surface area contributed by atoms with Crippen LogP contribution in [-0.4, -0.2) is 31.6 Å². The van der Waals surface area contributed by atoms with Crippen molar-refractivity contribution in [3.63, 3.8) is 0 Å². The summed E-state index contributed by atoms with van der Waals surface area (Å²) >= 11 is 3.65. The number of hydrogen-bond acceptors (Lipinski definition) is 6. The third-order valence-electron chi connectivity index (χ3n) is 5.64. The molecule has 190 valence electrons. The minimum Gasteiger partial charge on any atom is -0.378 e. The Morgan fingerprint density at radius 2 is 1.68 bits per heavy atom. The largest absolute Gasteiger partial charge is 0.378 e. The molecule has 4 rings (SSSR count). The third-order valence-corrected chi connectivity index (χ3v) is 7.41. The molecule has 1 atom stereocenters. The Morgan fingerprint density at radius 3 is 2.35 bits per heavy atom. The summed E-state index contributed by atoms with van der Waals surface area (Å²) in [5, 5.41) is 16.9. The van der Waals surface area contributed by atoms with Gasteiger partial charge in [-0.2, -0.15) is 5.10 Å². The average molecular weight is 625 g/mol. The van der Waals surface area contributed by atoms with Crippen LogP contribution in [0.4, 0.5) is 5.69 Å². The highest BCUT2D eigenvalue weighted by Crippen LogP contribution is 2.26. The molecule has 3 aromatic carbocycles. The molecule has 0 aliphatic heterocycles. The highest BCUT2D eigenvalue weighted by Gasteiger charge is 2.21. The fraction of sp³-hybridized carbons (Fsp3) is 0.214. The van der Waals surface area contributed by atoms with Crippen LogP contribution in [0.25, 0.3) is 5.69 Å². The summed E-state index contributed by atoms with van der Waals surface area (Å²) in [5.41, 5.74) is 6.79. The van der Waals surface area contributed by atoms with E-state index in [0.717, 1.165) is 29.3 Å². The molecule has 0 spiro atoms. The molecule has 4 aromatic rings. The first-order valence-electron chi connectivity index (χ1n) is 12.1. The minimum atomic E-state index is -0.415. The van der Waals surface area contributed by atoms with Crippen molar-refractivity contribution in [3.05, 3.63) is 99.9 Å². The van der Waals surface area contributed by atoms with Gasteiger partial charge in [-0.25, -0.2) is 5.43 Å². The van der Waals surface area contributed by atoms with Gasteiger partial charge in [0.1, 0.15) is 0 Å². The quantitative estimate of drug-likeness (QED) is 0.0914. The first-order chi connectivity index (χ1) is 18.0. The van der Waals surface area contributed by atoms with Gasteiger partial charge in [0.05, 0.1) is 11.8 Å². The van der Waals surface area contributed by atoms with Crippen molar-refractivity contribution in [1.29, 1.82) is 0 Å². The molecular formula is C28H29IN6OS. The van der Waals surface area contributed by atoms with Gasteiger partial charge in [0.2, 0.25) is 0 Å². The zero-order valence-electron chi connectivity index (χ0n) is 20.8. The summed E-state index contributed by atoms with van der Waals surface area (Å²) < 4.78 is 3.17. The number of halogens is 1. The van der Waals surface area contributed by atoms with Crippen molar-refractivity contribution in [2.24, 2.45) is 5.10 Å². The molecule has 7 nitrogen and oxygen atoms in total. The topological polar surface area (TPSA) is 84.2 Å². The predicted molar refractivity (Wildman–Crippen MR) is 159 cm³/mol. The first-order valence-corrected chi connectivity index (χ1v) is 14.0. The van der Waals surface area contributed by atoms with E-state index in [-0.39, 0.29) is 5.91 Å². The Labute approximate surface area is 235 Å². The van der Waals surface area contributed by atoms with Gasteiger partial charge in [-0.05, 0) is 77.9 Å². The van der Waals surface area contributed by atoms with E-state index in [4.69, 9.17) is 0 Å². The second kappa shape index (κ2) is 13.4. The van der Waals surface area contributed by atoms with Crippen LogP contribution in [0, 0.1) is 3.57 Å². The Kier molecular flexibility index (Phi) is 9.72. The molecule has 0 saturated carbocycles. The summed E-state index contributed by atoms with van der Waals surface area (Å²) in [5.74, 6) is 0.583. The van der Waals surface area contributed by atoms with Crippen molar-refractivity contribution in [1.82, 2.24) is 20.2 Å². The van der Waals surface area contributed by atoms with Gasteiger partial charge in [0.25, 0.3) is 5.91 Å². The van der Waals surface area contributed by atoms with E-state index in [1.165, 1.54) is 20.9 Å². The summed E-state index contributed by atoms with van der Waals surface area (Å²) in [6.07, 6.45) is 1.47. The van der Waals surface area contributed by atoms with Crippen LogP contribution in [0.3, 0.4) is 0 Å². The maximum absolute atomic E-state index is 12.9. The summed E-state index contributed by atoms with van der Waals surface area (Å²) in [7, 11) is 0. The number of para-hydroxylation sites is 1. The molecule has 0 saturated heterocycles. The number of hydrogen-bond donors (Lipinski definition) is 2. The smallest absolute Gasteiger partial charge is 0.253 e. The Bertz CT molecular complexity index is 1330. The SMILES string of the molecule is CC/C(Cc1ccccc1)=N\NC(=O)[C@H](C)Sc1nnc(CNc2ccc(I)cc2)n1-c1ccccc1. The number of amides is 1. The van der Waals surface area contributed by atoms with Crippen LogP contribution in [0.1, 0.15) is 31.7 Å². The van der Waals surface area contributed by atoms with Gasteiger partial charge in [-0.1, -0.05) is 67.2 Å². The van der Waals surface area contributed by atoms with Crippen LogP contribution >= 0.6 is 34.4 Å². The molecule has 1 aromatic heterocycles. The second-order valence-corrected chi connectivity index (χ2v) is 10.9. The van der Waals surface area contributed by atoms with Crippen molar-refractivity contribution in [3.8, 4) is 5.69 Å². The molecule has 0 radical (unpaired) electrons. The highest BCUT2D eigenvalue weighted by molar-refractivity contribution is 14.1. The number of thioether (sulfide) groups is 1. The average Bonchev–Trinajstić information content (AvgIpc) is 3.33. The summed E-state index contributed by atoms with van der Waals surface area (Å²) in [4.78, 5) is 12.9. The van der Waals surface area contributed by atoms with E-state index < -0.39 is 5.25 Å². The van der Waals surface area contributed by atoms with Crippen LogP contribution in [0.5, 0.6) is 0 Å². The van der Waals surface area contributed by atoms with Crippen molar-refractivity contribution < 1.29 is 4.79 Å². The fourth-order valence-corrected chi connectivity index (χ4v) is 4.83. The first kappa shape index (κ1) is 26.9. The lowest BCUT2D eigenvalue weighted by atomic mass is 10.1. The molecule has 0 aliphatic carbocycles. The lowest BCUT2D eigenvalue weighted by molar-refractivity contribution is -0.120. The molecule has 2 N–H and O–H groups in total. The monoisotopic (exact) mass is 624 g/mol. The zero-order chi connectivity index (χ0) is 26.0. The third kappa shape index (κ3) is 7.65. The zero-order valence-corrected chi connectivity index (χ0v) is 23.7. The molecule has 1 amide bonds. The van der Waals surface area contributed by atoms with E-state index in [1.54, 1.807) is 0 Å². The lowest BCUT2D eigenvalue weighted by Crippen LogP contribution is -2.28. The Hall–Kier alpha value is -3.18.